The van der Waals surface area contributed by atoms with E-state index in [0.29, 0.717) is 6.54 Å². The van der Waals surface area contributed by atoms with E-state index in [1.54, 1.807) is 3.71 Å². The molecule has 0 aliphatic heterocycles. The molecular formula is C4H5N3S2. The van der Waals surface area contributed by atoms with Gasteiger partial charge in [0, 0.05) is 6.54 Å². The van der Waals surface area contributed by atoms with Crippen LogP contribution in [0.4, 0.5) is 0 Å². The van der Waals surface area contributed by atoms with E-state index < -0.39 is 0 Å². The standard InChI is InChI=1S/C4H5N3S2/c1-2-7(8-3-5)9-4-6/h2H2,1H3. The highest BCUT2D eigenvalue weighted by Gasteiger charge is 1.99. The SMILES string of the molecule is CCN(SC#N)SC#N. The zero-order valence-electron chi connectivity index (χ0n) is 4.87. The van der Waals surface area contributed by atoms with Crippen molar-refractivity contribution in [3.8, 4) is 10.8 Å². The van der Waals surface area contributed by atoms with Crippen LogP contribution in [0.25, 0.3) is 0 Å². The number of nitrogens with zero attached hydrogens (tertiary/aromatic N) is 3. The molecule has 0 aromatic heterocycles. The van der Waals surface area contributed by atoms with E-state index >= 15 is 0 Å². The van der Waals surface area contributed by atoms with Crippen molar-refractivity contribution in [1.29, 1.82) is 10.5 Å². The lowest BCUT2D eigenvalue weighted by molar-refractivity contribution is 0.798. The van der Waals surface area contributed by atoms with Crippen LogP contribution in [0.15, 0.2) is 0 Å². The number of hydrogen-bond donors (Lipinski definition) is 0. The van der Waals surface area contributed by atoms with Crippen molar-refractivity contribution in [1.82, 2.24) is 3.71 Å². The van der Waals surface area contributed by atoms with Gasteiger partial charge in [-0.1, -0.05) is 6.92 Å². The first-order valence-corrected chi connectivity index (χ1v) is 3.79. The zero-order valence-corrected chi connectivity index (χ0v) is 6.50. The molecular weight excluding hydrogens is 154 g/mol. The highest BCUT2D eigenvalue weighted by molar-refractivity contribution is 8.16. The third-order valence-corrected chi connectivity index (χ3v) is 2.08. The fraction of sp³-hybridized carbons (Fsp3) is 0.500. The highest BCUT2D eigenvalue weighted by Crippen LogP contribution is 2.17. The molecule has 48 valence electrons. The average molecular weight is 159 g/mol. The Morgan fingerprint density at radius 3 is 2.00 bits per heavy atom. The molecule has 0 saturated carbocycles. The summed E-state index contributed by atoms with van der Waals surface area (Å²) in [6.45, 7) is 2.57. The summed E-state index contributed by atoms with van der Waals surface area (Å²) < 4.78 is 1.60. The van der Waals surface area contributed by atoms with Gasteiger partial charge in [0.05, 0.1) is 23.9 Å². The first-order valence-electron chi connectivity index (χ1n) is 2.24. The van der Waals surface area contributed by atoms with Crippen molar-refractivity contribution in [3.05, 3.63) is 0 Å². The van der Waals surface area contributed by atoms with Crippen LogP contribution in [0.2, 0.25) is 0 Å². The zero-order chi connectivity index (χ0) is 7.11. The minimum Gasteiger partial charge on any atom is -0.184 e. The van der Waals surface area contributed by atoms with Crippen LogP contribution in [0, 0.1) is 21.3 Å². The van der Waals surface area contributed by atoms with Crippen molar-refractivity contribution < 1.29 is 0 Å². The van der Waals surface area contributed by atoms with E-state index in [-0.39, 0.29) is 0 Å². The molecule has 0 rings (SSSR count). The summed E-state index contributed by atoms with van der Waals surface area (Å²) in [4.78, 5) is 0. The Labute approximate surface area is 62.9 Å². The van der Waals surface area contributed by atoms with Crippen LogP contribution >= 0.6 is 23.9 Å². The lowest BCUT2D eigenvalue weighted by Crippen LogP contribution is -2.01. The molecule has 0 N–H and O–H groups in total. The molecule has 9 heavy (non-hydrogen) atoms. The summed E-state index contributed by atoms with van der Waals surface area (Å²) in [5, 5.41) is 20.0. The summed E-state index contributed by atoms with van der Waals surface area (Å²) in [7, 11) is 0. The number of nitriles is 2. The summed E-state index contributed by atoms with van der Waals surface area (Å²) in [6.07, 6.45) is 0. The predicted molar refractivity (Wildman–Crippen MR) is 38.8 cm³/mol. The lowest BCUT2D eigenvalue weighted by Gasteiger charge is -2.05. The van der Waals surface area contributed by atoms with Gasteiger partial charge in [-0.05, 0) is 0 Å². The van der Waals surface area contributed by atoms with Gasteiger partial charge in [-0.2, -0.15) is 14.2 Å². The monoisotopic (exact) mass is 159 g/mol. The quantitative estimate of drug-likeness (QED) is 0.462. The fourth-order valence-electron chi connectivity index (χ4n) is 0.239. The van der Waals surface area contributed by atoms with Crippen LogP contribution in [0.5, 0.6) is 0 Å². The van der Waals surface area contributed by atoms with Crippen molar-refractivity contribution in [3.63, 3.8) is 0 Å². The van der Waals surface area contributed by atoms with Crippen LogP contribution in [-0.2, 0) is 0 Å². The third kappa shape index (κ3) is 4.16. The second-order valence-corrected chi connectivity index (χ2v) is 2.86. The molecule has 0 radical (unpaired) electrons. The Hall–Kier alpha value is -0.360. The first kappa shape index (κ1) is 8.64. The number of rotatable bonds is 3. The Morgan fingerprint density at radius 1 is 1.33 bits per heavy atom. The van der Waals surface area contributed by atoms with Gasteiger partial charge in [0.1, 0.15) is 0 Å². The van der Waals surface area contributed by atoms with E-state index in [2.05, 4.69) is 0 Å². The molecule has 0 spiro atoms. The van der Waals surface area contributed by atoms with Crippen molar-refractivity contribution in [2.75, 3.05) is 6.54 Å². The maximum atomic E-state index is 8.14. The van der Waals surface area contributed by atoms with Gasteiger partial charge in [-0.3, -0.25) is 0 Å². The summed E-state index contributed by atoms with van der Waals surface area (Å²) in [6, 6.07) is 0. The molecule has 5 heteroatoms. The first-order chi connectivity index (χ1) is 4.35. The van der Waals surface area contributed by atoms with Gasteiger partial charge < -0.3 is 0 Å². The van der Waals surface area contributed by atoms with Crippen LogP contribution < -0.4 is 0 Å². The topological polar surface area (TPSA) is 50.8 Å². The normalized spacial score (nSPS) is 8.44. The average Bonchev–Trinajstić information content (AvgIpc) is 1.88. The van der Waals surface area contributed by atoms with Gasteiger partial charge in [0.15, 0.2) is 10.8 Å². The van der Waals surface area contributed by atoms with Gasteiger partial charge in [0.2, 0.25) is 0 Å². The Kier molecular flexibility index (Phi) is 5.54. The Bertz CT molecular complexity index is 129. The number of hydrogen-bond acceptors (Lipinski definition) is 5. The maximum Gasteiger partial charge on any atom is 0.150 e. The van der Waals surface area contributed by atoms with E-state index in [1.807, 2.05) is 17.7 Å². The molecule has 0 aliphatic carbocycles. The largest absolute Gasteiger partial charge is 0.184 e. The summed E-state index contributed by atoms with van der Waals surface area (Å²) >= 11 is 1.96. The highest BCUT2D eigenvalue weighted by atomic mass is 32.2. The molecule has 0 fully saturated rings. The van der Waals surface area contributed by atoms with E-state index in [0.717, 1.165) is 23.9 Å². The molecule has 0 aliphatic rings. The molecule has 0 aromatic rings. The minimum absolute atomic E-state index is 0.691. The van der Waals surface area contributed by atoms with Crippen molar-refractivity contribution in [2.45, 2.75) is 6.92 Å². The molecule has 0 saturated heterocycles. The Morgan fingerprint density at radius 2 is 1.78 bits per heavy atom. The van der Waals surface area contributed by atoms with Crippen LogP contribution in [0.3, 0.4) is 0 Å². The van der Waals surface area contributed by atoms with Crippen LogP contribution in [0.1, 0.15) is 6.92 Å². The van der Waals surface area contributed by atoms with Crippen molar-refractivity contribution in [2.24, 2.45) is 0 Å². The van der Waals surface area contributed by atoms with Gasteiger partial charge >= 0.3 is 0 Å². The van der Waals surface area contributed by atoms with Gasteiger partial charge in [-0.25, -0.2) is 0 Å². The fourth-order valence-corrected chi connectivity index (χ4v) is 1.03. The van der Waals surface area contributed by atoms with E-state index in [4.69, 9.17) is 10.5 Å². The molecule has 0 amide bonds. The summed E-state index contributed by atoms with van der Waals surface area (Å²) in [5.41, 5.74) is 0. The molecule has 0 aromatic carbocycles. The molecule has 0 heterocycles. The molecule has 0 unspecified atom stereocenters. The Balaban J connectivity index is 3.47. The minimum atomic E-state index is 0.691. The smallest absolute Gasteiger partial charge is 0.150 e. The van der Waals surface area contributed by atoms with E-state index in [1.165, 1.54) is 0 Å². The molecule has 3 nitrogen and oxygen atoms in total. The maximum absolute atomic E-state index is 8.14. The van der Waals surface area contributed by atoms with Gasteiger partial charge in [-0.15, -0.1) is 0 Å². The summed E-state index contributed by atoms with van der Waals surface area (Å²) in [5.74, 6) is 0. The molecule has 0 atom stereocenters. The van der Waals surface area contributed by atoms with Crippen LogP contribution in [-0.4, -0.2) is 10.3 Å². The molecule has 0 bridgehead atoms. The number of thiocyanates is 2. The van der Waals surface area contributed by atoms with Gasteiger partial charge in [0.25, 0.3) is 0 Å². The lowest BCUT2D eigenvalue weighted by atomic mass is 10.8. The van der Waals surface area contributed by atoms with Crippen molar-refractivity contribution >= 4 is 23.9 Å². The van der Waals surface area contributed by atoms with E-state index in [9.17, 15) is 0 Å². The predicted octanol–water partition coefficient (Wildman–Crippen LogP) is 1.57. The second-order valence-electron chi connectivity index (χ2n) is 1.01. The second kappa shape index (κ2) is 5.77. The third-order valence-electron chi connectivity index (χ3n) is 0.543.